The average Bonchev–Trinajstić information content (AvgIpc) is 2.29. The number of carboxylic acids is 1. The van der Waals surface area contributed by atoms with E-state index < -0.39 is 17.4 Å². The van der Waals surface area contributed by atoms with E-state index in [2.05, 4.69) is 6.92 Å². The molecule has 0 amide bonds. The van der Waals surface area contributed by atoms with Crippen molar-refractivity contribution in [3.05, 3.63) is 0 Å². The van der Waals surface area contributed by atoms with E-state index in [4.69, 9.17) is 4.74 Å². The van der Waals surface area contributed by atoms with Gasteiger partial charge in [-0.15, -0.1) is 0 Å². The van der Waals surface area contributed by atoms with E-state index in [1.807, 2.05) is 0 Å². The van der Waals surface area contributed by atoms with E-state index in [9.17, 15) is 14.7 Å². The molecule has 0 rings (SSSR count). The molecule has 0 aromatic carbocycles. The van der Waals surface area contributed by atoms with Gasteiger partial charge in [-0.25, -0.2) is 0 Å². The Bertz CT molecular complexity index is 255. The first-order valence-corrected chi connectivity index (χ1v) is 7.19. The molecular weight excluding hydrogens is 240 g/mol. The van der Waals surface area contributed by atoms with Gasteiger partial charge in [0.1, 0.15) is 0 Å². The Morgan fingerprint density at radius 1 is 1.29 bits per heavy atom. The van der Waals surface area contributed by atoms with Gasteiger partial charge in [0, 0.05) is 0 Å². The number of hydrogen-bond acceptors (Lipinski definition) is 4. The summed E-state index contributed by atoms with van der Waals surface area (Å²) in [6.45, 7) is 5.68. The summed E-state index contributed by atoms with van der Waals surface area (Å²) in [4.78, 5) is 23.1. The van der Waals surface area contributed by atoms with Crippen LogP contribution in [0.2, 0.25) is 0 Å². The predicted molar refractivity (Wildman–Crippen MR) is 69.2 cm³/mol. The molecule has 0 saturated heterocycles. The standard InChI is InChI=1S/C12H22O4S/c1-4-12(10(13)14,11(15)16-5-2)8-7-9-17-6-3/h4-9H2,1-3H3,(H,13,14). The number of esters is 1. The van der Waals surface area contributed by atoms with Gasteiger partial charge in [0.05, 0.1) is 6.61 Å². The summed E-state index contributed by atoms with van der Waals surface area (Å²) >= 11 is 1.75. The van der Waals surface area contributed by atoms with Crippen LogP contribution in [0.25, 0.3) is 0 Å². The molecule has 0 heterocycles. The van der Waals surface area contributed by atoms with Crippen molar-refractivity contribution in [2.45, 2.75) is 40.0 Å². The number of aliphatic carboxylic acids is 1. The Morgan fingerprint density at radius 3 is 2.35 bits per heavy atom. The molecule has 1 atom stereocenters. The van der Waals surface area contributed by atoms with Crippen molar-refractivity contribution < 1.29 is 19.4 Å². The highest BCUT2D eigenvalue weighted by atomic mass is 32.2. The number of ether oxygens (including phenoxy) is 1. The Hall–Kier alpha value is -0.710. The molecule has 17 heavy (non-hydrogen) atoms. The topological polar surface area (TPSA) is 63.6 Å². The van der Waals surface area contributed by atoms with Crippen LogP contribution in [0.1, 0.15) is 40.0 Å². The fraction of sp³-hybridized carbons (Fsp3) is 0.833. The van der Waals surface area contributed by atoms with Crippen LogP contribution in [-0.2, 0) is 14.3 Å². The van der Waals surface area contributed by atoms with Gasteiger partial charge >= 0.3 is 11.9 Å². The number of rotatable bonds is 9. The van der Waals surface area contributed by atoms with Crippen LogP contribution in [-0.4, -0.2) is 35.2 Å². The minimum Gasteiger partial charge on any atom is -0.480 e. The SMILES string of the molecule is CCOC(=O)C(CC)(CCCSCC)C(=O)O. The van der Waals surface area contributed by atoms with Crippen molar-refractivity contribution in [2.75, 3.05) is 18.1 Å². The Kier molecular flexibility index (Phi) is 8.04. The summed E-state index contributed by atoms with van der Waals surface area (Å²) in [5.74, 6) is 0.215. The van der Waals surface area contributed by atoms with Crippen LogP contribution < -0.4 is 0 Å². The van der Waals surface area contributed by atoms with Crippen molar-refractivity contribution >= 4 is 23.7 Å². The maximum absolute atomic E-state index is 11.8. The lowest BCUT2D eigenvalue weighted by atomic mass is 9.81. The second-order valence-corrected chi connectivity index (χ2v) is 5.16. The summed E-state index contributed by atoms with van der Waals surface area (Å²) in [7, 11) is 0. The normalized spacial score (nSPS) is 14.1. The van der Waals surface area contributed by atoms with Crippen molar-refractivity contribution in [1.82, 2.24) is 0 Å². The zero-order valence-electron chi connectivity index (χ0n) is 10.8. The van der Waals surface area contributed by atoms with Gasteiger partial charge in [-0.2, -0.15) is 11.8 Å². The van der Waals surface area contributed by atoms with Gasteiger partial charge in [0.25, 0.3) is 0 Å². The van der Waals surface area contributed by atoms with Crippen molar-refractivity contribution in [3.63, 3.8) is 0 Å². The zero-order chi connectivity index (χ0) is 13.3. The molecule has 0 aliphatic heterocycles. The molecule has 0 aliphatic rings. The first kappa shape index (κ1) is 16.3. The summed E-state index contributed by atoms with van der Waals surface area (Å²) in [5, 5.41) is 9.27. The highest BCUT2D eigenvalue weighted by molar-refractivity contribution is 7.99. The van der Waals surface area contributed by atoms with E-state index in [1.54, 1.807) is 25.6 Å². The number of thioether (sulfide) groups is 1. The highest BCUT2D eigenvalue weighted by Gasteiger charge is 2.45. The first-order chi connectivity index (χ1) is 8.05. The fourth-order valence-corrected chi connectivity index (χ4v) is 2.30. The van der Waals surface area contributed by atoms with E-state index in [-0.39, 0.29) is 13.0 Å². The highest BCUT2D eigenvalue weighted by Crippen LogP contribution is 2.31. The molecule has 0 aromatic rings. The first-order valence-electron chi connectivity index (χ1n) is 6.03. The van der Waals surface area contributed by atoms with Crippen LogP contribution in [0.15, 0.2) is 0 Å². The Balaban J connectivity index is 4.59. The molecular formula is C12H22O4S. The molecule has 0 saturated carbocycles. The van der Waals surface area contributed by atoms with Gasteiger partial charge in [-0.05, 0) is 37.7 Å². The van der Waals surface area contributed by atoms with E-state index in [0.717, 1.165) is 17.9 Å². The second-order valence-electron chi connectivity index (χ2n) is 3.76. The molecule has 0 aliphatic carbocycles. The molecule has 1 N–H and O–H groups in total. The third-order valence-electron chi connectivity index (χ3n) is 2.78. The van der Waals surface area contributed by atoms with Gasteiger partial charge in [-0.3, -0.25) is 9.59 Å². The number of carboxylic acid groups (broad SMARTS) is 1. The van der Waals surface area contributed by atoms with Crippen molar-refractivity contribution in [1.29, 1.82) is 0 Å². The van der Waals surface area contributed by atoms with Crippen molar-refractivity contribution in [2.24, 2.45) is 5.41 Å². The van der Waals surface area contributed by atoms with Gasteiger partial charge in [-0.1, -0.05) is 13.8 Å². The minimum absolute atomic E-state index is 0.220. The molecule has 0 radical (unpaired) electrons. The fourth-order valence-electron chi connectivity index (χ4n) is 1.66. The largest absolute Gasteiger partial charge is 0.480 e. The lowest BCUT2D eigenvalue weighted by Crippen LogP contribution is -2.40. The van der Waals surface area contributed by atoms with Gasteiger partial charge in [0.15, 0.2) is 5.41 Å². The minimum atomic E-state index is -1.36. The number of carbonyl (C=O) groups excluding carboxylic acids is 1. The Labute approximate surface area is 107 Å². The lowest BCUT2D eigenvalue weighted by molar-refractivity contribution is -0.169. The summed E-state index contributed by atoms with van der Waals surface area (Å²) < 4.78 is 4.89. The summed E-state index contributed by atoms with van der Waals surface area (Å²) in [6, 6.07) is 0. The number of carbonyl (C=O) groups is 2. The van der Waals surface area contributed by atoms with E-state index in [1.165, 1.54) is 0 Å². The van der Waals surface area contributed by atoms with Crippen LogP contribution in [0.3, 0.4) is 0 Å². The van der Waals surface area contributed by atoms with Crippen LogP contribution >= 0.6 is 11.8 Å². The average molecular weight is 262 g/mol. The predicted octanol–water partition coefficient (Wildman–Crippen LogP) is 2.56. The van der Waals surface area contributed by atoms with Gasteiger partial charge < -0.3 is 9.84 Å². The van der Waals surface area contributed by atoms with Crippen LogP contribution in [0, 0.1) is 5.41 Å². The third-order valence-corrected chi connectivity index (χ3v) is 3.76. The molecule has 0 spiro atoms. The summed E-state index contributed by atoms with van der Waals surface area (Å²) in [6.07, 6.45) is 1.35. The molecule has 0 fully saturated rings. The lowest BCUT2D eigenvalue weighted by Gasteiger charge is -2.25. The quantitative estimate of drug-likeness (QED) is 0.393. The zero-order valence-corrected chi connectivity index (χ0v) is 11.6. The second kappa shape index (κ2) is 8.39. The molecule has 100 valence electrons. The Morgan fingerprint density at radius 2 is 1.94 bits per heavy atom. The van der Waals surface area contributed by atoms with E-state index in [0.29, 0.717) is 6.42 Å². The van der Waals surface area contributed by atoms with Crippen LogP contribution in [0.4, 0.5) is 0 Å². The maximum atomic E-state index is 11.8. The smallest absolute Gasteiger partial charge is 0.323 e. The molecule has 4 nitrogen and oxygen atoms in total. The van der Waals surface area contributed by atoms with Crippen LogP contribution in [0.5, 0.6) is 0 Å². The molecule has 5 heteroatoms. The molecule has 0 bridgehead atoms. The number of hydrogen-bond donors (Lipinski definition) is 1. The van der Waals surface area contributed by atoms with Gasteiger partial charge in [0.2, 0.25) is 0 Å². The van der Waals surface area contributed by atoms with Crippen molar-refractivity contribution in [3.8, 4) is 0 Å². The third kappa shape index (κ3) is 4.58. The molecule has 1 unspecified atom stereocenters. The molecule has 0 aromatic heterocycles. The summed E-state index contributed by atoms with van der Waals surface area (Å²) in [5.41, 5.74) is -1.36. The van der Waals surface area contributed by atoms with E-state index >= 15 is 0 Å². The maximum Gasteiger partial charge on any atom is 0.323 e. The monoisotopic (exact) mass is 262 g/mol.